The number of nitrogen functional groups attached to an aromatic ring is 1. The Balaban J connectivity index is 2.04. The van der Waals surface area contributed by atoms with E-state index < -0.39 is 0 Å². The lowest BCUT2D eigenvalue weighted by molar-refractivity contribution is 0.0936. The highest BCUT2D eigenvalue weighted by Crippen LogP contribution is 2.36. The molecule has 1 fully saturated rings. The zero-order valence-corrected chi connectivity index (χ0v) is 11.3. The number of anilines is 1. The molecule has 4 heteroatoms. The number of nitrogens with two attached hydrogens (primary N) is 1. The van der Waals surface area contributed by atoms with E-state index in [0.29, 0.717) is 16.8 Å². The number of aryl methyl sites for hydroxylation is 1. The van der Waals surface area contributed by atoms with Crippen molar-refractivity contribution in [3.05, 3.63) is 23.4 Å². The van der Waals surface area contributed by atoms with Crippen molar-refractivity contribution in [2.75, 3.05) is 5.73 Å². The second-order valence-corrected chi connectivity index (χ2v) is 6.00. The molecule has 1 aliphatic rings. The molecular formula is C14H21N3O. The molecule has 0 aliphatic heterocycles. The molecule has 0 radical (unpaired) electrons. The maximum absolute atomic E-state index is 12.1. The van der Waals surface area contributed by atoms with Gasteiger partial charge in [-0.3, -0.25) is 4.79 Å². The number of carbonyl (C=O) groups is 1. The molecule has 1 aromatic rings. The van der Waals surface area contributed by atoms with Gasteiger partial charge in [0.15, 0.2) is 0 Å². The minimum atomic E-state index is -0.0464. The predicted molar refractivity (Wildman–Crippen MR) is 72.3 cm³/mol. The minimum absolute atomic E-state index is 0.0464. The number of amides is 1. The van der Waals surface area contributed by atoms with Crippen LogP contribution < -0.4 is 11.1 Å². The molecule has 1 unspecified atom stereocenters. The summed E-state index contributed by atoms with van der Waals surface area (Å²) in [6.45, 7) is 6.33. The number of hydrogen-bond acceptors (Lipinski definition) is 3. The smallest absolute Gasteiger partial charge is 0.251 e. The van der Waals surface area contributed by atoms with Crippen molar-refractivity contribution in [1.82, 2.24) is 10.3 Å². The van der Waals surface area contributed by atoms with E-state index in [1.165, 1.54) is 0 Å². The number of nitrogens with one attached hydrogen (secondary N) is 1. The monoisotopic (exact) mass is 247 g/mol. The van der Waals surface area contributed by atoms with Crippen LogP contribution in [0.25, 0.3) is 0 Å². The Bertz CT molecular complexity index is 448. The third-order valence-corrected chi connectivity index (χ3v) is 3.54. The molecule has 0 saturated heterocycles. The van der Waals surface area contributed by atoms with E-state index in [4.69, 9.17) is 5.73 Å². The summed E-state index contributed by atoms with van der Waals surface area (Å²) in [5, 5.41) is 3.08. The molecule has 1 aromatic heterocycles. The van der Waals surface area contributed by atoms with Crippen LogP contribution in [0.2, 0.25) is 0 Å². The molecule has 1 aliphatic carbocycles. The molecular weight excluding hydrogens is 226 g/mol. The third-order valence-electron chi connectivity index (χ3n) is 3.54. The Morgan fingerprint density at radius 3 is 2.78 bits per heavy atom. The average Bonchev–Trinajstić information content (AvgIpc) is 2.56. The van der Waals surface area contributed by atoms with Gasteiger partial charge in [-0.2, -0.15) is 0 Å². The van der Waals surface area contributed by atoms with Crippen molar-refractivity contribution < 1.29 is 4.79 Å². The van der Waals surface area contributed by atoms with Crippen LogP contribution in [0.1, 0.15) is 49.2 Å². The van der Waals surface area contributed by atoms with E-state index in [1.54, 1.807) is 12.1 Å². The van der Waals surface area contributed by atoms with Gasteiger partial charge in [-0.25, -0.2) is 4.98 Å². The lowest BCUT2D eigenvalue weighted by Gasteiger charge is -2.18. The van der Waals surface area contributed by atoms with Gasteiger partial charge in [0.2, 0.25) is 0 Å². The van der Waals surface area contributed by atoms with Crippen molar-refractivity contribution in [3.8, 4) is 0 Å². The first-order valence-electron chi connectivity index (χ1n) is 6.41. The summed E-state index contributed by atoms with van der Waals surface area (Å²) < 4.78 is 0. The topological polar surface area (TPSA) is 68.0 Å². The SMILES string of the molecule is Cc1cc(C(=O)NC2CCC(C)(C)C2)cc(N)n1. The van der Waals surface area contributed by atoms with Gasteiger partial charge in [-0.1, -0.05) is 13.8 Å². The quantitative estimate of drug-likeness (QED) is 0.842. The molecule has 1 atom stereocenters. The van der Waals surface area contributed by atoms with Crippen molar-refractivity contribution in [2.24, 2.45) is 5.41 Å². The average molecular weight is 247 g/mol. The maximum Gasteiger partial charge on any atom is 0.251 e. The summed E-state index contributed by atoms with van der Waals surface area (Å²) >= 11 is 0. The van der Waals surface area contributed by atoms with E-state index in [9.17, 15) is 4.79 Å². The van der Waals surface area contributed by atoms with E-state index in [2.05, 4.69) is 24.1 Å². The first-order valence-corrected chi connectivity index (χ1v) is 6.41. The van der Waals surface area contributed by atoms with Crippen LogP contribution in [0.15, 0.2) is 12.1 Å². The lowest BCUT2D eigenvalue weighted by atomic mass is 9.92. The Morgan fingerprint density at radius 1 is 1.50 bits per heavy atom. The molecule has 3 N–H and O–H groups in total. The molecule has 0 bridgehead atoms. The summed E-state index contributed by atoms with van der Waals surface area (Å²) in [5.74, 6) is 0.349. The Labute approximate surface area is 108 Å². The van der Waals surface area contributed by atoms with Gasteiger partial charge < -0.3 is 11.1 Å². The fourth-order valence-corrected chi connectivity index (χ4v) is 2.65. The van der Waals surface area contributed by atoms with E-state index in [1.807, 2.05) is 6.92 Å². The number of pyridine rings is 1. The van der Waals surface area contributed by atoms with Crippen LogP contribution in [0.4, 0.5) is 5.82 Å². The second-order valence-electron chi connectivity index (χ2n) is 6.00. The summed E-state index contributed by atoms with van der Waals surface area (Å²) in [6.07, 6.45) is 3.26. The lowest BCUT2D eigenvalue weighted by Crippen LogP contribution is -2.33. The predicted octanol–water partition coefficient (Wildman–Crippen LogP) is 2.28. The van der Waals surface area contributed by atoms with E-state index in [-0.39, 0.29) is 11.9 Å². The number of hydrogen-bond donors (Lipinski definition) is 2. The van der Waals surface area contributed by atoms with Crippen LogP contribution in [0.3, 0.4) is 0 Å². The van der Waals surface area contributed by atoms with Gasteiger partial charge in [-0.05, 0) is 43.7 Å². The highest BCUT2D eigenvalue weighted by Gasteiger charge is 2.31. The third kappa shape index (κ3) is 3.00. The molecule has 4 nitrogen and oxygen atoms in total. The van der Waals surface area contributed by atoms with Gasteiger partial charge in [0.1, 0.15) is 5.82 Å². The van der Waals surface area contributed by atoms with Crippen LogP contribution in [-0.4, -0.2) is 16.9 Å². The molecule has 1 amide bonds. The second kappa shape index (κ2) is 4.59. The standard InChI is InChI=1S/C14H21N3O/c1-9-6-10(7-12(15)16-9)13(18)17-11-4-5-14(2,3)8-11/h6-7,11H,4-5,8H2,1-3H3,(H2,15,16)(H,17,18). The fraction of sp³-hybridized carbons (Fsp3) is 0.571. The van der Waals surface area contributed by atoms with Crippen molar-refractivity contribution in [2.45, 2.75) is 46.1 Å². The van der Waals surface area contributed by atoms with Gasteiger partial charge in [0.05, 0.1) is 0 Å². The van der Waals surface area contributed by atoms with Crippen LogP contribution >= 0.6 is 0 Å². The Kier molecular flexibility index (Phi) is 3.28. The summed E-state index contributed by atoms with van der Waals surface area (Å²) in [4.78, 5) is 16.2. The van der Waals surface area contributed by atoms with E-state index in [0.717, 1.165) is 25.0 Å². The Hall–Kier alpha value is -1.58. The molecule has 98 valence electrons. The number of rotatable bonds is 2. The normalized spacial score (nSPS) is 21.8. The zero-order valence-electron chi connectivity index (χ0n) is 11.3. The molecule has 0 spiro atoms. The molecule has 2 rings (SSSR count). The highest BCUT2D eigenvalue weighted by molar-refractivity contribution is 5.95. The zero-order chi connectivity index (χ0) is 13.3. The number of aromatic nitrogens is 1. The van der Waals surface area contributed by atoms with Crippen molar-refractivity contribution >= 4 is 11.7 Å². The molecule has 18 heavy (non-hydrogen) atoms. The highest BCUT2D eigenvalue weighted by atomic mass is 16.1. The first-order chi connectivity index (χ1) is 8.35. The fourth-order valence-electron chi connectivity index (χ4n) is 2.65. The number of nitrogens with zero attached hydrogens (tertiary/aromatic N) is 1. The van der Waals surface area contributed by atoms with Crippen LogP contribution in [0, 0.1) is 12.3 Å². The largest absolute Gasteiger partial charge is 0.384 e. The van der Waals surface area contributed by atoms with Gasteiger partial charge in [0, 0.05) is 17.3 Å². The minimum Gasteiger partial charge on any atom is -0.384 e. The summed E-state index contributed by atoms with van der Waals surface area (Å²) in [5.41, 5.74) is 7.37. The summed E-state index contributed by atoms with van der Waals surface area (Å²) in [6, 6.07) is 3.68. The maximum atomic E-state index is 12.1. The van der Waals surface area contributed by atoms with Gasteiger partial charge >= 0.3 is 0 Å². The molecule has 0 aromatic carbocycles. The Morgan fingerprint density at radius 2 is 2.22 bits per heavy atom. The first kappa shape index (κ1) is 12.9. The molecule has 1 saturated carbocycles. The van der Waals surface area contributed by atoms with E-state index >= 15 is 0 Å². The van der Waals surface area contributed by atoms with Crippen molar-refractivity contribution in [1.29, 1.82) is 0 Å². The van der Waals surface area contributed by atoms with Crippen LogP contribution in [0.5, 0.6) is 0 Å². The number of carbonyl (C=O) groups excluding carboxylic acids is 1. The van der Waals surface area contributed by atoms with Gasteiger partial charge in [0.25, 0.3) is 5.91 Å². The van der Waals surface area contributed by atoms with Crippen molar-refractivity contribution in [3.63, 3.8) is 0 Å². The summed E-state index contributed by atoms with van der Waals surface area (Å²) in [7, 11) is 0. The molecule has 1 heterocycles. The van der Waals surface area contributed by atoms with Gasteiger partial charge in [-0.15, -0.1) is 0 Å². The van der Waals surface area contributed by atoms with Crippen LogP contribution in [-0.2, 0) is 0 Å².